The Morgan fingerprint density at radius 3 is 2.83 bits per heavy atom. The van der Waals surface area contributed by atoms with Crippen LogP contribution in [0.3, 0.4) is 0 Å². The maximum atomic E-state index is 10.8. The highest BCUT2D eigenvalue weighted by atomic mass is 35.5. The zero-order chi connectivity index (χ0) is 12.7. The quantitative estimate of drug-likeness (QED) is 0.270. The summed E-state index contributed by atoms with van der Waals surface area (Å²) >= 11 is 0. The van der Waals surface area contributed by atoms with Crippen LogP contribution < -0.4 is 11.3 Å². The molecule has 18 heavy (non-hydrogen) atoms. The van der Waals surface area contributed by atoms with Gasteiger partial charge < -0.3 is 16.1 Å². The molecule has 0 saturated heterocycles. The number of carboxylic acids is 1. The first-order valence-electron chi connectivity index (χ1n) is 4.69. The lowest BCUT2D eigenvalue weighted by atomic mass is 10.1. The maximum Gasteiger partial charge on any atom is 0.339 e. The van der Waals surface area contributed by atoms with Gasteiger partial charge in [-0.05, 0) is 17.7 Å². The highest BCUT2D eigenvalue weighted by molar-refractivity contribution is 5.91. The second kappa shape index (κ2) is 7.91. The number of hydrazone groups is 2. The van der Waals surface area contributed by atoms with Crippen molar-refractivity contribution >= 4 is 30.9 Å². The van der Waals surface area contributed by atoms with Crippen LogP contribution in [-0.2, 0) is 6.42 Å². The highest BCUT2D eigenvalue weighted by Gasteiger charge is 2.09. The number of hydrogen-bond donors (Lipinski definition) is 4. The van der Waals surface area contributed by atoms with Crippen molar-refractivity contribution in [2.75, 3.05) is 0 Å². The van der Waals surface area contributed by atoms with E-state index < -0.39 is 5.97 Å². The molecule has 0 aromatic heterocycles. The Labute approximate surface area is 109 Å². The number of rotatable bonds is 5. The van der Waals surface area contributed by atoms with Crippen LogP contribution in [-0.4, -0.2) is 28.7 Å². The van der Waals surface area contributed by atoms with Crippen molar-refractivity contribution in [3.05, 3.63) is 29.3 Å². The van der Waals surface area contributed by atoms with E-state index >= 15 is 0 Å². The summed E-state index contributed by atoms with van der Waals surface area (Å²) in [5.41, 5.74) is 3.03. The van der Waals surface area contributed by atoms with Gasteiger partial charge >= 0.3 is 5.97 Å². The van der Waals surface area contributed by atoms with Gasteiger partial charge in [-0.2, -0.15) is 10.2 Å². The minimum absolute atomic E-state index is 0. The van der Waals surface area contributed by atoms with Crippen molar-refractivity contribution in [2.45, 2.75) is 6.42 Å². The number of nitrogens with two attached hydrogens (primary N) is 1. The average Bonchev–Trinajstić information content (AvgIpc) is 2.30. The van der Waals surface area contributed by atoms with Gasteiger partial charge in [0.15, 0.2) is 0 Å². The van der Waals surface area contributed by atoms with E-state index in [4.69, 9.17) is 10.9 Å². The molecular weight excluding hydrogens is 260 g/mol. The molecule has 5 N–H and O–H groups in total. The molecule has 0 heterocycles. The average molecular weight is 273 g/mol. The molecule has 0 saturated carbocycles. The van der Waals surface area contributed by atoms with E-state index in [9.17, 15) is 9.90 Å². The second-order valence-electron chi connectivity index (χ2n) is 3.08. The number of aromatic carboxylic acids is 1. The van der Waals surface area contributed by atoms with Crippen molar-refractivity contribution < 1.29 is 15.0 Å². The molecule has 8 heteroatoms. The lowest BCUT2D eigenvalue weighted by Crippen LogP contribution is -2.04. The third-order valence-electron chi connectivity index (χ3n) is 1.92. The molecule has 1 aromatic carbocycles. The smallest absolute Gasteiger partial charge is 0.339 e. The van der Waals surface area contributed by atoms with Crippen LogP contribution in [0.1, 0.15) is 15.9 Å². The first kappa shape index (κ1) is 15.7. The van der Waals surface area contributed by atoms with Crippen molar-refractivity contribution in [1.82, 2.24) is 5.43 Å². The van der Waals surface area contributed by atoms with Crippen molar-refractivity contribution in [1.29, 1.82) is 0 Å². The van der Waals surface area contributed by atoms with E-state index in [1.807, 2.05) is 0 Å². The number of hydrogen-bond acceptors (Lipinski definition) is 5. The van der Waals surface area contributed by atoms with E-state index in [1.54, 1.807) is 6.07 Å². The fraction of sp³-hybridized carbons (Fsp3) is 0.100. The van der Waals surface area contributed by atoms with Gasteiger partial charge in [0.25, 0.3) is 0 Å². The number of carboxylic acid groups (broad SMARTS) is 1. The van der Waals surface area contributed by atoms with Gasteiger partial charge in [0.1, 0.15) is 17.7 Å². The molecule has 0 aliphatic rings. The van der Waals surface area contributed by atoms with Gasteiger partial charge in [-0.15, -0.1) is 12.4 Å². The van der Waals surface area contributed by atoms with E-state index in [2.05, 4.69) is 15.6 Å². The maximum absolute atomic E-state index is 10.8. The molecule has 98 valence electrons. The number of aromatic hydroxyl groups is 1. The summed E-state index contributed by atoms with van der Waals surface area (Å²) in [4.78, 5) is 10.8. The lowest BCUT2D eigenvalue weighted by Gasteiger charge is -2.01. The zero-order valence-corrected chi connectivity index (χ0v) is 10.1. The van der Waals surface area contributed by atoms with Crippen LogP contribution in [0.25, 0.3) is 0 Å². The van der Waals surface area contributed by atoms with E-state index in [0.29, 0.717) is 6.42 Å². The first-order valence-corrected chi connectivity index (χ1v) is 4.69. The summed E-state index contributed by atoms with van der Waals surface area (Å²) in [5.74, 6) is 3.40. The molecule has 1 aromatic rings. The van der Waals surface area contributed by atoms with Gasteiger partial charge in [0, 0.05) is 12.6 Å². The summed E-state index contributed by atoms with van der Waals surface area (Å²) in [6, 6.07) is 4.34. The number of benzene rings is 1. The van der Waals surface area contributed by atoms with E-state index in [-0.39, 0.29) is 23.7 Å². The van der Waals surface area contributed by atoms with Gasteiger partial charge in [-0.1, -0.05) is 6.07 Å². The second-order valence-corrected chi connectivity index (χ2v) is 3.08. The van der Waals surface area contributed by atoms with Gasteiger partial charge in [-0.25, -0.2) is 4.79 Å². The monoisotopic (exact) mass is 272 g/mol. The summed E-state index contributed by atoms with van der Waals surface area (Å²) in [7, 11) is 0. The molecule has 0 fully saturated rings. The molecule has 0 unspecified atom stereocenters. The normalized spacial score (nSPS) is 10.4. The molecular formula is C10H13ClN4O3. The van der Waals surface area contributed by atoms with Gasteiger partial charge in [0.05, 0.1) is 0 Å². The van der Waals surface area contributed by atoms with Crippen LogP contribution in [0.15, 0.2) is 28.4 Å². The van der Waals surface area contributed by atoms with Gasteiger partial charge in [-0.3, -0.25) is 5.43 Å². The van der Waals surface area contributed by atoms with Crippen LogP contribution in [0, 0.1) is 0 Å². The molecule has 1 rings (SSSR count). The Balaban J connectivity index is 0.00000289. The fourth-order valence-corrected chi connectivity index (χ4v) is 1.15. The molecule has 0 bridgehead atoms. The van der Waals surface area contributed by atoms with Gasteiger partial charge in [0.2, 0.25) is 0 Å². The standard InChI is InChI=1S/C10H12N4O3.ClH/c11-12-6-14-13-4-3-7-1-2-9(15)8(5-7)10(16)17;/h1-2,4-6,15H,3,11H2,(H,12,14)(H,16,17);1H. The number of halogens is 1. The lowest BCUT2D eigenvalue weighted by molar-refractivity contribution is 0.0693. The van der Waals surface area contributed by atoms with Crippen LogP contribution in [0.2, 0.25) is 0 Å². The highest BCUT2D eigenvalue weighted by Crippen LogP contribution is 2.18. The molecule has 0 aliphatic carbocycles. The largest absolute Gasteiger partial charge is 0.507 e. The third-order valence-corrected chi connectivity index (χ3v) is 1.92. The topological polar surface area (TPSA) is 120 Å². The molecule has 0 radical (unpaired) electrons. The Morgan fingerprint density at radius 2 is 2.22 bits per heavy atom. The molecule has 0 atom stereocenters. The predicted octanol–water partition coefficient (Wildman–Crippen LogP) is 0.532. The van der Waals surface area contributed by atoms with Crippen LogP contribution >= 0.6 is 12.4 Å². The van der Waals surface area contributed by atoms with Crippen molar-refractivity contribution in [3.8, 4) is 5.75 Å². The summed E-state index contributed by atoms with van der Waals surface area (Å²) in [6.45, 7) is 0. The number of carbonyl (C=O) groups is 1. The Hall–Kier alpha value is -2.28. The fourth-order valence-electron chi connectivity index (χ4n) is 1.15. The minimum Gasteiger partial charge on any atom is -0.507 e. The van der Waals surface area contributed by atoms with E-state index in [1.165, 1.54) is 24.7 Å². The zero-order valence-electron chi connectivity index (χ0n) is 9.28. The predicted molar refractivity (Wildman–Crippen MR) is 70.3 cm³/mol. The number of nitrogens with one attached hydrogen (secondary N) is 1. The van der Waals surface area contributed by atoms with E-state index in [0.717, 1.165) is 5.56 Å². The number of phenols is 1. The SMILES string of the molecule is Cl.NN=CNN=CCc1ccc(O)c(C(=O)O)c1. The van der Waals surface area contributed by atoms with Crippen molar-refractivity contribution in [2.24, 2.45) is 16.0 Å². The Bertz CT molecular complexity index is 462. The van der Waals surface area contributed by atoms with Crippen molar-refractivity contribution in [3.63, 3.8) is 0 Å². The van der Waals surface area contributed by atoms with Crippen LogP contribution in [0.5, 0.6) is 5.75 Å². The summed E-state index contributed by atoms with van der Waals surface area (Å²) in [5, 5.41) is 25.0. The molecule has 0 spiro atoms. The number of nitrogens with zero attached hydrogens (tertiary/aromatic N) is 2. The third kappa shape index (κ3) is 4.71. The first-order chi connectivity index (χ1) is 8.15. The Kier molecular flexibility index (Phi) is 6.91. The van der Waals surface area contributed by atoms with Crippen LogP contribution in [0.4, 0.5) is 0 Å². The molecule has 0 amide bonds. The molecule has 0 aliphatic heterocycles. The summed E-state index contributed by atoms with van der Waals surface area (Å²) < 4.78 is 0. The summed E-state index contributed by atoms with van der Waals surface area (Å²) in [6.07, 6.45) is 3.15. The minimum atomic E-state index is -1.17. The Morgan fingerprint density at radius 1 is 1.50 bits per heavy atom. The molecule has 7 nitrogen and oxygen atoms in total.